The first-order valence-electron chi connectivity index (χ1n) is 8.01. The maximum absolute atomic E-state index is 12.5. The second-order valence-electron chi connectivity index (χ2n) is 6.15. The molecule has 25 heavy (non-hydrogen) atoms. The van der Waals surface area contributed by atoms with Crippen molar-refractivity contribution >= 4 is 22.3 Å². The molecule has 1 aliphatic heterocycles. The van der Waals surface area contributed by atoms with Crippen LogP contribution in [-0.2, 0) is 20.0 Å². The van der Waals surface area contributed by atoms with Crippen LogP contribution in [0.3, 0.4) is 0 Å². The van der Waals surface area contributed by atoms with Crippen LogP contribution in [0.25, 0.3) is 10.9 Å². The fourth-order valence-electron chi connectivity index (χ4n) is 3.29. The standard InChI is InChI=1S/C18H16N4O3/c1-20-17(19-15-5-3-2-4-14(15)18(20)23)11-21-9-8-12-6-7-13(22(24)25)10-16(12)21/h2-7,10H,8-9,11H2,1H3. The number of benzene rings is 2. The summed E-state index contributed by atoms with van der Waals surface area (Å²) in [5.74, 6) is 0.642. The predicted octanol–water partition coefficient (Wildman–Crippen LogP) is 2.40. The Morgan fingerprint density at radius 2 is 2.04 bits per heavy atom. The lowest BCUT2D eigenvalue weighted by Gasteiger charge is -2.20. The molecule has 2 aromatic carbocycles. The molecule has 0 saturated heterocycles. The molecule has 0 fully saturated rings. The van der Waals surface area contributed by atoms with Gasteiger partial charge in [-0.1, -0.05) is 18.2 Å². The van der Waals surface area contributed by atoms with Crippen molar-refractivity contribution in [1.82, 2.24) is 9.55 Å². The Hall–Kier alpha value is -3.22. The Morgan fingerprint density at radius 1 is 1.24 bits per heavy atom. The molecule has 0 amide bonds. The zero-order chi connectivity index (χ0) is 17.6. The summed E-state index contributed by atoms with van der Waals surface area (Å²) in [5, 5.41) is 11.6. The number of hydrogen-bond acceptors (Lipinski definition) is 5. The highest BCUT2D eigenvalue weighted by Gasteiger charge is 2.23. The highest BCUT2D eigenvalue weighted by atomic mass is 16.6. The van der Waals surface area contributed by atoms with Crippen LogP contribution in [0.4, 0.5) is 11.4 Å². The van der Waals surface area contributed by atoms with E-state index in [1.807, 2.05) is 23.1 Å². The lowest BCUT2D eigenvalue weighted by molar-refractivity contribution is -0.384. The minimum Gasteiger partial charge on any atom is -0.363 e. The van der Waals surface area contributed by atoms with Crippen molar-refractivity contribution in [3.8, 4) is 0 Å². The fraction of sp³-hybridized carbons (Fsp3) is 0.222. The molecule has 0 saturated carbocycles. The van der Waals surface area contributed by atoms with Crippen LogP contribution in [0, 0.1) is 10.1 Å². The van der Waals surface area contributed by atoms with E-state index in [2.05, 4.69) is 4.98 Å². The summed E-state index contributed by atoms with van der Waals surface area (Å²) < 4.78 is 1.55. The first-order valence-corrected chi connectivity index (χ1v) is 8.01. The molecular weight excluding hydrogens is 320 g/mol. The van der Waals surface area contributed by atoms with Crippen LogP contribution in [0.15, 0.2) is 47.3 Å². The van der Waals surface area contributed by atoms with Crippen LogP contribution in [0.1, 0.15) is 11.4 Å². The number of nitro benzene ring substituents is 1. The van der Waals surface area contributed by atoms with Gasteiger partial charge in [0.2, 0.25) is 0 Å². The van der Waals surface area contributed by atoms with E-state index in [4.69, 9.17) is 0 Å². The Balaban J connectivity index is 1.75. The van der Waals surface area contributed by atoms with Crippen LogP contribution >= 0.6 is 0 Å². The van der Waals surface area contributed by atoms with E-state index in [1.54, 1.807) is 29.8 Å². The van der Waals surface area contributed by atoms with Crippen molar-refractivity contribution in [3.05, 3.63) is 74.3 Å². The van der Waals surface area contributed by atoms with Crippen LogP contribution in [0.2, 0.25) is 0 Å². The van der Waals surface area contributed by atoms with Gasteiger partial charge in [-0.25, -0.2) is 4.98 Å². The minimum atomic E-state index is -0.388. The Morgan fingerprint density at radius 3 is 2.84 bits per heavy atom. The molecule has 4 rings (SSSR count). The molecule has 126 valence electrons. The van der Waals surface area contributed by atoms with Gasteiger partial charge in [-0.3, -0.25) is 19.5 Å². The Labute approximate surface area is 143 Å². The van der Waals surface area contributed by atoms with Crippen molar-refractivity contribution in [3.63, 3.8) is 0 Å². The second kappa shape index (κ2) is 5.70. The van der Waals surface area contributed by atoms with E-state index in [1.165, 1.54) is 6.07 Å². The van der Waals surface area contributed by atoms with Gasteiger partial charge in [-0.2, -0.15) is 0 Å². The summed E-state index contributed by atoms with van der Waals surface area (Å²) in [7, 11) is 1.71. The first kappa shape index (κ1) is 15.3. The zero-order valence-electron chi connectivity index (χ0n) is 13.7. The van der Waals surface area contributed by atoms with E-state index >= 15 is 0 Å². The number of rotatable bonds is 3. The molecule has 0 spiro atoms. The van der Waals surface area contributed by atoms with Gasteiger partial charge in [0.15, 0.2) is 0 Å². The van der Waals surface area contributed by atoms with E-state index in [9.17, 15) is 14.9 Å². The number of anilines is 1. The van der Waals surface area contributed by atoms with Gasteiger partial charge in [0, 0.05) is 31.4 Å². The normalized spacial score (nSPS) is 13.2. The third-order valence-corrected chi connectivity index (χ3v) is 4.68. The molecule has 0 radical (unpaired) electrons. The van der Waals surface area contributed by atoms with E-state index in [0.29, 0.717) is 23.3 Å². The lowest BCUT2D eigenvalue weighted by atomic mass is 10.1. The Bertz CT molecular complexity index is 1060. The number of fused-ring (bicyclic) bond motifs is 2. The minimum absolute atomic E-state index is 0.0750. The monoisotopic (exact) mass is 336 g/mol. The van der Waals surface area contributed by atoms with Gasteiger partial charge >= 0.3 is 0 Å². The van der Waals surface area contributed by atoms with Gasteiger partial charge in [-0.05, 0) is 24.1 Å². The van der Waals surface area contributed by atoms with Gasteiger partial charge < -0.3 is 4.90 Å². The number of non-ortho nitro benzene ring substituents is 1. The number of nitro groups is 1. The first-order chi connectivity index (χ1) is 12.0. The summed E-state index contributed by atoms with van der Waals surface area (Å²) in [6, 6.07) is 12.2. The van der Waals surface area contributed by atoms with Gasteiger partial charge in [0.05, 0.1) is 22.4 Å². The molecule has 7 heteroatoms. The van der Waals surface area contributed by atoms with Crippen LogP contribution in [0.5, 0.6) is 0 Å². The summed E-state index contributed by atoms with van der Waals surface area (Å²) in [6.07, 6.45) is 0.828. The molecule has 3 aromatic rings. The number of aromatic nitrogens is 2. The molecule has 7 nitrogen and oxygen atoms in total. The smallest absolute Gasteiger partial charge is 0.271 e. The maximum Gasteiger partial charge on any atom is 0.271 e. The quantitative estimate of drug-likeness (QED) is 0.542. The number of nitrogens with zero attached hydrogens (tertiary/aromatic N) is 4. The molecule has 0 N–H and O–H groups in total. The topological polar surface area (TPSA) is 81.3 Å². The van der Waals surface area contributed by atoms with Crippen molar-refractivity contribution < 1.29 is 4.92 Å². The Kier molecular flexibility index (Phi) is 3.49. The van der Waals surface area contributed by atoms with Crippen molar-refractivity contribution in [1.29, 1.82) is 0 Å². The largest absolute Gasteiger partial charge is 0.363 e. The van der Waals surface area contributed by atoms with Crippen molar-refractivity contribution in [2.75, 3.05) is 11.4 Å². The molecule has 0 atom stereocenters. The fourth-order valence-corrected chi connectivity index (χ4v) is 3.29. The summed E-state index contributed by atoms with van der Waals surface area (Å²) in [4.78, 5) is 29.8. The number of para-hydroxylation sites is 1. The van der Waals surface area contributed by atoms with Gasteiger partial charge in [0.1, 0.15) is 5.82 Å². The highest BCUT2D eigenvalue weighted by molar-refractivity contribution is 5.77. The zero-order valence-corrected chi connectivity index (χ0v) is 13.7. The molecule has 0 bridgehead atoms. The molecule has 0 unspecified atom stereocenters. The SMILES string of the molecule is Cn1c(CN2CCc3ccc([N+](=O)[O-])cc32)nc2ccccc2c1=O. The molecule has 0 aliphatic carbocycles. The van der Waals surface area contributed by atoms with E-state index in [-0.39, 0.29) is 16.2 Å². The average Bonchev–Trinajstić information content (AvgIpc) is 3.01. The second-order valence-corrected chi connectivity index (χ2v) is 6.15. The van der Waals surface area contributed by atoms with E-state index < -0.39 is 0 Å². The van der Waals surface area contributed by atoms with Crippen LogP contribution < -0.4 is 10.5 Å². The third kappa shape index (κ3) is 2.53. The predicted molar refractivity (Wildman–Crippen MR) is 94.8 cm³/mol. The lowest BCUT2D eigenvalue weighted by Crippen LogP contribution is -2.28. The highest BCUT2D eigenvalue weighted by Crippen LogP contribution is 2.32. The summed E-state index contributed by atoms with van der Waals surface area (Å²) in [6.45, 7) is 1.18. The van der Waals surface area contributed by atoms with Gasteiger partial charge in [0.25, 0.3) is 11.2 Å². The van der Waals surface area contributed by atoms with Crippen molar-refractivity contribution in [2.24, 2.45) is 7.05 Å². The molecule has 2 heterocycles. The van der Waals surface area contributed by atoms with E-state index in [0.717, 1.165) is 24.2 Å². The third-order valence-electron chi connectivity index (χ3n) is 4.68. The molecular formula is C18H16N4O3. The average molecular weight is 336 g/mol. The number of hydrogen-bond donors (Lipinski definition) is 0. The molecule has 1 aliphatic rings. The van der Waals surface area contributed by atoms with Crippen LogP contribution in [-0.4, -0.2) is 21.0 Å². The summed E-state index contributed by atoms with van der Waals surface area (Å²) in [5.41, 5.74) is 2.58. The summed E-state index contributed by atoms with van der Waals surface area (Å²) >= 11 is 0. The van der Waals surface area contributed by atoms with Gasteiger partial charge in [-0.15, -0.1) is 0 Å². The van der Waals surface area contributed by atoms with Crippen molar-refractivity contribution in [2.45, 2.75) is 13.0 Å². The molecule has 1 aromatic heterocycles. The maximum atomic E-state index is 12.5.